The van der Waals surface area contributed by atoms with E-state index in [4.69, 9.17) is 0 Å². The minimum absolute atomic E-state index is 0.0360. The molecule has 0 saturated carbocycles. The Hall–Kier alpha value is -3.25. The van der Waals surface area contributed by atoms with Crippen molar-refractivity contribution in [1.29, 1.82) is 0 Å². The molecule has 0 aliphatic carbocycles. The zero-order valence-corrected chi connectivity index (χ0v) is 16.1. The van der Waals surface area contributed by atoms with Crippen LogP contribution in [0.5, 0.6) is 0 Å². The maximum absolute atomic E-state index is 12.8. The van der Waals surface area contributed by atoms with Crippen LogP contribution in [-0.2, 0) is 11.3 Å². The van der Waals surface area contributed by atoms with Gasteiger partial charge in [-0.2, -0.15) is 0 Å². The number of amides is 1. The number of hydrogen-bond donors (Lipinski definition) is 2. The summed E-state index contributed by atoms with van der Waals surface area (Å²) in [4.78, 5) is 27.6. The molecule has 29 heavy (non-hydrogen) atoms. The Morgan fingerprint density at radius 1 is 1.03 bits per heavy atom. The van der Waals surface area contributed by atoms with Crippen LogP contribution in [0.4, 0.5) is 5.69 Å². The second kappa shape index (κ2) is 7.64. The summed E-state index contributed by atoms with van der Waals surface area (Å²) < 4.78 is 0. The molecule has 1 aliphatic heterocycles. The van der Waals surface area contributed by atoms with Crippen molar-refractivity contribution in [2.75, 3.05) is 18.4 Å². The van der Waals surface area contributed by atoms with E-state index in [9.17, 15) is 4.79 Å². The van der Waals surface area contributed by atoms with Gasteiger partial charge in [-0.15, -0.1) is 0 Å². The monoisotopic (exact) mass is 385 g/mol. The van der Waals surface area contributed by atoms with Gasteiger partial charge in [0.25, 0.3) is 0 Å². The fourth-order valence-corrected chi connectivity index (χ4v) is 4.09. The van der Waals surface area contributed by atoms with Gasteiger partial charge in [0.2, 0.25) is 5.91 Å². The molecule has 2 N–H and O–H groups in total. The van der Waals surface area contributed by atoms with Crippen LogP contribution in [-0.4, -0.2) is 38.8 Å². The van der Waals surface area contributed by atoms with Gasteiger partial charge in [-0.05, 0) is 62.3 Å². The minimum atomic E-state index is 0.0360. The normalized spacial score (nSPS) is 15.7. The lowest BCUT2D eigenvalue weighted by atomic mass is 9.95. The fourth-order valence-electron chi connectivity index (χ4n) is 4.09. The molecule has 146 valence electrons. The molecule has 3 heterocycles. The Balaban J connectivity index is 1.20. The minimum Gasteiger partial charge on any atom is -0.341 e. The highest BCUT2D eigenvalue weighted by Gasteiger charge is 2.25. The number of para-hydroxylation sites is 2. The molecule has 0 atom stereocenters. The summed E-state index contributed by atoms with van der Waals surface area (Å²) in [6, 6.07) is 17.8. The van der Waals surface area contributed by atoms with Crippen LogP contribution in [0.3, 0.4) is 0 Å². The van der Waals surface area contributed by atoms with Crippen molar-refractivity contribution in [2.45, 2.75) is 19.4 Å². The van der Waals surface area contributed by atoms with E-state index in [1.54, 1.807) is 6.20 Å². The van der Waals surface area contributed by atoms with Crippen molar-refractivity contribution >= 4 is 33.5 Å². The van der Waals surface area contributed by atoms with Gasteiger partial charge in [-0.3, -0.25) is 14.7 Å². The number of nitrogens with one attached hydrogen (secondary N) is 2. The van der Waals surface area contributed by atoms with Crippen LogP contribution in [0.1, 0.15) is 18.7 Å². The number of likely N-dealkylation sites (tertiary alicyclic amines) is 1. The fraction of sp³-hybridized carbons (Fsp3) is 0.261. The zero-order chi connectivity index (χ0) is 19.6. The maximum Gasteiger partial charge on any atom is 0.227 e. The van der Waals surface area contributed by atoms with E-state index in [1.165, 1.54) is 0 Å². The number of nitrogens with zero attached hydrogens (tertiary/aromatic N) is 3. The topological polar surface area (TPSA) is 73.9 Å². The van der Waals surface area contributed by atoms with Crippen LogP contribution in [0.15, 0.2) is 60.8 Å². The molecule has 1 amide bonds. The van der Waals surface area contributed by atoms with Crippen LogP contribution in [0.2, 0.25) is 0 Å². The van der Waals surface area contributed by atoms with Crippen LogP contribution >= 0.6 is 0 Å². The summed E-state index contributed by atoms with van der Waals surface area (Å²) in [6.07, 6.45) is 3.48. The predicted molar refractivity (Wildman–Crippen MR) is 114 cm³/mol. The van der Waals surface area contributed by atoms with Crippen molar-refractivity contribution in [3.8, 4) is 0 Å². The number of piperidine rings is 1. The summed E-state index contributed by atoms with van der Waals surface area (Å²) in [5, 5.41) is 4.10. The summed E-state index contributed by atoms with van der Waals surface area (Å²) in [6.45, 7) is 2.58. The lowest BCUT2D eigenvalue weighted by Gasteiger charge is -2.30. The van der Waals surface area contributed by atoms with E-state index in [0.717, 1.165) is 65.9 Å². The first-order valence-corrected chi connectivity index (χ1v) is 10.1. The molecule has 0 spiro atoms. The van der Waals surface area contributed by atoms with Crippen molar-refractivity contribution in [3.05, 3.63) is 66.6 Å². The second-order valence-electron chi connectivity index (χ2n) is 7.62. The average Bonchev–Trinajstić information content (AvgIpc) is 3.17. The number of imidazole rings is 1. The van der Waals surface area contributed by atoms with E-state index in [1.807, 2.05) is 54.6 Å². The number of aromatic nitrogens is 3. The third-order valence-electron chi connectivity index (χ3n) is 5.67. The number of aromatic amines is 1. The first-order chi connectivity index (χ1) is 14.3. The van der Waals surface area contributed by atoms with E-state index in [-0.39, 0.29) is 11.8 Å². The molecule has 4 aromatic rings. The van der Waals surface area contributed by atoms with Gasteiger partial charge in [0.05, 0.1) is 28.8 Å². The lowest BCUT2D eigenvalue weighted by molar-refractivity contribution is -0.121. The molecule has 6 heteroatoms. The quantitative estimate of drug-likeness (QED) is 0.558. The number of fused-ring (bicyclic) bond motifs is 2. The largest absolute Gasteiger partial charge is 0.341 e. The molecule has 1 saturated heterocycles. The van der Waals surface area contributed by atoms with Gasteiger partial charge in [-0.25, -0.2) is 4.98 Å². The molecule has 2 aromatic heterocycles. The molecule has 1 fully saturated rings. The Bertz CT molecular complexity index is 1120. The summed E-state index contributed by atoms with van der Waals surface area (Å²) in [5.41, 5.74) is 3.80. The number of H-pyrrole nitrogens is 1. The number of carbonyl (C=O) groups excluding carboxylic acids is 1. The maximum atomic E-state index is 12.8. The molecule has 5 rings (SSSR count). The Kier molecular flexibility index (Phi) is 4.69. The van der Waals surface area contributed by atoms with Crippen LogP contribution in [0, 0.1) is 5.92 Å². The highest BCUT2D eigenvalue weighted by atomic mass is 16.1. The van der Waals surface area contributed by atoms with E-state index < -0.39 is 0 Å². The lowest BCUT2D eigenvalue weighted by Crippen LogP contribution is -2.38. The molecule has 0 radical (unpaired) electrons. The van der Waals surface area contributed by atoms with Gasteiger partial charge in [0.1, 0.15) is 5.82 Å². The zero-order valence-electron chi connectivity index (χ0n) is 16.1. The summed E-state index contributed by atoms with van der Waals surface area (Å²) >= 11 is 0. The van der Waals surface area contributed by atoms with Crippen molar-refractivity contribution in [2.24, 2.45) is 5.92 Å². The van der Waals surface area contributed by atoms with Crippen molar-refractivity contribution < 1.29 is 4.79 Å². The molecule has 6 nitrogen and oxygen atoms in total. The van der Waals surface area contributed by atoms with Crippen molar-refractivity contribution in [3.63, 3.8) is 0 Å². The second-order valence-corrected chi connectivity index (χ2v) is 7.62. The molecular weight excluding hydrogens is 362 g/mol. The predicted octanol–water partition coefficient (Wildman–Crippen LogP) is 3.96. The van der Waals surface area contributed by atoms with Crippen LogP contribution < -0.4 is 5.32 Å². The molecule has 0 unspecified atom stereocenters. The van der Waals surface area contributed by atoms with Crippen LogP contribution in [0.25, 0.3) is 21.9 Å². The Morgan fingerprint density at radius 3 is 2.72 bits per heavy atom. The highest BCUT2D eigenvalue weighted by molar-refractivity contribution is 6.01. The molecule has 2 aromatic carbocycles. The van der Waals surface area contributed by atoms with Gasteiger partial charge < -0.3 is 10.3 Å². The molecule has 0 bridgehead atoms. The third kappa shape index (κ3) is 3.71. The number of benzene rings is 2. The van der Waals surface area contributed by atoms with E-state index >= 15 is 0 Å². The summed E-state index contributed by atoms with van der Waals surface area (Å²) in [5.74, 6) is 1.12. The average molecular weight is 385 g/mol. The Labute approximate surface area is 169 Å². The van der Waals surface area contributed by atoms with Crippen molar-refractivity contribution in [1.82, 2.24) is 19.9 Å². The SMILES string of the molecule is O=C(Nc1cccc2ncccc12)C1CCN(Cc2nc3ccccc3[nH]2)CC1. The highest BCUT2D eigenvalue weighted by Crippen LogP contribution is 2.25. The van der Waals surface area contributed by atoms with Gasteiger partial charge in [0, 0.05) is 17.5 Å². The molecular formula is C23H23N5O. The number of anilines is 1. The number of carbonyl (C=O) groups is 1. The van der Waals surface area contributed by atoms with E-state index in [2.05, 4.69) is 25.2 Å². The van der Waals surface area contributed by atoms with Gasteiger partial charge in [0.15, 0.2) is 0 Å². The van der Waals surface area contributed by atoms with Gasteiger partial charge in [-0.1, -0.05) is 18.2 Å². The Morgan fingerprint density at radius 2 is 1.86 bits per heavy atom. The first kappa shape index (κ1) is 17.8. The van der Waals surface area contributed by atoms with Gasteiger partial charge >= 0.3 is 0 Å². The summed E-state index contributed by atoms with van der Waals surface area (Å²) in [7, 11) is 0. The number of hydrogen-bond acceptors (Lipinski definition) is 4. The van der Waals surface area contributed by atoms with E-state index in [0.29, 0.717) is 0 Å². The number of rotatable bonds is 4. The first-order valence-electron chi connectivity index (χ1n) is 10.1. The standard InChI is InChI=1S/C23H23N5O/c29-23(27-19-9-3-8-18-17(19)5-4-12-24-18)16-10-13-28(14-11-16)15-22-25-20-6-1-2-7-21(20)26-22/h1-9,12,16H,10-11,13-15H2,(H,25,26)(H,27,29). The number of pyridine rings is 1. The molecule has 1 aliphatic rings. The third-order valence-corrected chi connectivity index (χ3v) is 5.67. The smallest absolute Gasteiger partial charge is 0.227 e.